The Bertz CT molecular complexity index is 910. The van der Waals surface area contributed by atoms with Gasteiger partial charge in [0, 0.05) is 24.2 Å². The fourth-order valence-electron chi connectivity index (χ4n) is 2.70. The Morgan fingerprint density at radius 2 is 1.96 bits per heavy atom. The summed E-state index contributed by atoms with van der Waals surface area (Å²) in [6.07, 6.45) is 2.35. The van der Waals surface area contributed by atoms with Crippen LogP contribution in [0.3, 0.4) is 0 Å². The third-order valence-corrected chi connectivity index (χ3v) is 4.33. The number of rotatable bonds is 6. The van der Waals surface area contributed by atoms with Crippen molar-refractivity contribution in [2.24, 2.45) is 10.7 Å². The SMILES string of the molecule is Cc1ccc(-c2nc(CCN=C(N)Nc3cccc(C(C)C)c3)co2)cc1. The zero-order valence-electron chi connectivity index (χ0n) is 16.1. The third kappa shape index (κ3) is 5.20. The molecule has 140 valence electrons. The Balaban J connectivity index is 1.56. The molecule has 0 unspecified atom stereocenters. The van der Waals surface area contributed by atoms with E-state index in [1.165, 1.54) is 11.1 Å². The molecule has 0 aliphatic carbocycles. The lowest BCUT2D eigenvalue weighted by Gasteiger charge is -2.09. The summed E-state index contributed by atoms with van der Waals surface area (Å²) in [6.45, 7) is 6.93. The molecule has 3 rings (SSSR count). The van der Waals surface area contributed by atoms with Crippen molar-refractivity contribution in [2.75, 3.05) is 11.9 Å². The number of guanidine groups is 1. The predicted molar refractivity (Wildman–Crippen MR) is 111 cm³/mol. The molecule has 0 saturated heterocycles. The Hall–Kier alpha value is -3.08. The average Bonchev–Trinajstić information content (AvgIpc) is 3.11. The number of nitrogens with two attached hydrogens (primary N) is 1. The maximum Gasteiger partial charge on any atom is 0.226 e. The molecule has 0 radical (unpaired) electrons. The Kier molecular flexibility index (Phi) is 5.91. The first kappa shape index (κ1) is 18.7. The van der Waals surface area contributed by atoms with E-state index < -0.39 is 0 Å². The van der Waals surface area contributed by atoms with Crippen LogP contribution in [0.5, 0.6) is 0 Å². The average molecular weight is 362 g/mol. The van der Waals surface area contributed by atoms with E-state index in [2.05, 4.69) is 48.2 Å². The van der Waals surface area contributed by atoms with Crippen LogP contribution in [0.4, 0.5) is 5.69 Å². The highest BCUT2D eigenvalue weighted by Crippen LogP contribution is 2.20. The van der Waals surface area contributed by atoms with Crippen LogP contribution >= 0.6 is 0 Å². The molecule has 27 heavy (non-hydrogen) atoms. The minimum Gasteiger partial charge on any atom is -0.444 e. The van der Waals surface area contributed by atoms with Gasteiger partial charge in [-0.25, -0.2) is 4.98 Å². The van der Waals surface area contributed by atoms with E-state index in [4.69, 9.17) is 10.2 Å². The molecule has 0 atom stereocenters. The monoisotopic (exact) mass is 362 g/mol. The fourth-order valence-corrected chi connectivity index (χ4v) is 2.70. The Morgan fingerprint density at radius 3 is 2.70 bits per heavy atom. The summed E-state index contributed by atoms with van der Waals surface area (Å²) in [5, 5.41) is 3.14. The summed E-state index contributed by atoms with van der Waals surface area (Å²) in [4.78, 5) is 8.91. The van der Waals surface area contributed by atoms with Crippen molar-refractivity contribution in [3.63, 3.8) is 0 Å². The highest BCUT2D eigenvalue weighted by atomic mass is 16.3. The minimum absolute atomic E-state index is 0.401. The molecular formula is C22H26N4O. The summed E-state index contributed by atoms with van der Waals surface area (Å²) >= 11 is 0. The molecule has 0 spiro atoms. The molecule has 1 heterocycles. The topological polar surface area (TPSA) is 76.4 Å². The van der Waals surface area contributed by atoms with Gasteiger partial charge < -0.3 is 15.5 Å². The first-order chi connectivity index (χ1) is 13.0. The number of oxazole rings is 1. The van der Waals surface area contributed by atoms with Crippen molar-refractivity contribution in [1.82, 2.24) is 4.98 Å². The molecule has 1 aromatic heterocycles. The molecule has 0 aliphatic heterocycles. The number of benzene rings is 2. The Labute approximate surface area is 160 Å². The number of aromatic nitrogens is 1. The van der Waals surface area contributed by atoms with Gasteiger partial charge in [0.05, 0.1) is 5.69 Å². The number of hydrogen-bond donors (Lipinski definition) is 2. The largest absolute Gasteiger partial charge is 0.444 e. The van der Waals surface area contributed by atoms with Crippen LogP contribution < -0.4 is 11.1 Å². The van der Waals surface area contributed by atoms with Gasteiger partial charge in [-0.3, -0.25) is 4.99 Å². The highest BCUT2D eigenvalue weighted by Gasteiger charge is 2.06. The van der Waals surface area contributed by atoms with Crippen molar-refractivity contribution < 1.29 is 4.42 Å². The zero-order valence-corrected chi connectivity index (χ0v) is 16.1. The minimum atomic E-state index is 0.401. The molecule has 3 N–H and O–H groups in total. The molecule has 0 saturated carbocycles. The van der Waals surface area contributed by atoms with Crippen molar-refractivity contribution in [3.8, 4) is 11.5 Å². The van der Waals surface area contributed by atoms with Crippen molar-refractivity contribution in [1.29, 1.82) is 0 Å². The number of hydrogen-bond acceptors (Lipinski definition) is 3. The summed E-state index contributed by atoms with van der Waals surface area (Å²) in [5.41, 5.74) is 11.3. The van der Waals surface area contributed by atoms with E-state index in [0.29, 0.717) is 30.7 Å². The molecule has 0 amide bonds. The van der Waals surface area contributed by atoms with Crippen molar-refractivity contribution in [2.45, 2.75) is 33.1 Å². The predicted octanol–water partition coefficient (Wildman–Crippen LogP) is 4.74. The molecule has 0 fully saturated rings. The lowest BCUT2D eigenvalue weighted by Crippen LogP contribution is -2.23. The normalized spacial score (nSPS) is 11.8. The summed E-state index contributed by atoms with van der Waals surface area (Å²) in [6, 6.07) is 16.3. The lowest BCUT2D eigenvalue weighted by molar-refractivity contribution is 0.572. The molecular weight excluding hydrogens is 336 g/mol. The third-order valence-electron chi connectivity index (χ3n) is 4.33. The molecule has 2 aromatic carbocycles. The second kappa shape index (κ2) is 8.54. The molecule has 0 aliphatic rings. The van der Waals surface area contributed by atoms with Crippen LogP contribution in [-0.4, -0.2) is 17.5 Å². The van der Waals surface area contributed by atoms with Gasteiger partial charge in [-0.15, -0.1) is 0 Å². The first-order valence-electron chi connectivity index (χ1n) is 9.19. The lowest BCUT2D eigenvalue weighted by atomic mass is 10.0. The van der Waals surface area contributed by atoms with E-state index in [1.807, 2.05) is 36.4 Å². The summed E-state index contributed by atoms with van der Waals surface area (Å²) in [7, 11) is 0. The number of aryl methyl sites for hydroxylation is 1. The zero-order chi connectivity index (χ0) is 19.2. The molecule has 0 bridgehead atoms. The number of aliphatic imine (C=N–C) groups is 1. The summed E-state index contributed by atoms with van der Waals surface area (Å²) < 4.78 is 5.57. The van der Waals surface area contributed by atoms with E-state index in [-0.39, 0.29) is 0 Å². The second-order valence-electron chi connectivity index (χ2n) is 6.93. The van der Waals surface area contributed by atoms with Gasteiger partial charge in [0.25, 0.3) is 0 Å². The van der Waals surface area contributed by atoms with Crippen LogP contribution in [0.1, 0.15) is 36.6 Å². The standard InChI is InChI=1S/C22H26N4O/c1-15(2)18-5-4-6-19(13-18)26-22(23)24-12-11-20-14-27-21(25-20)17-9-7-16(3)8-10-17/h4-10,13-15H,11-12H2,1-3H3,(H3,23,24,26). The van der Waals surface area contributed by atoms with Crippen LogP contribution in [0.2, 0.25) is 0 Å². The molecule has 3 aromatic rings. The quantitative estimate of drug-likeness (QED) is 0.490. The second-order valence-corrected chi connectivity index (χ2v) is 6.93. The first-order valence-corrected chi connectivity index (χ1v) is 9.19. The van der Waals surface area contributed by atoms with Crippen LogP contribution in [0, 0.1) is 6.92 Å². The molecule has 5 heteroatoms. The fraction of sp³-hybridized carbons (Fsp3) is 0.273. The van der Waals surface area contributed by atoms with E-state index in [0.717, 1.165) is 16.9 Å². The maximum atomic E-state index is 6.00. The smallest absolute Gasteiger partial charge is 0.226 e. The highest BCUT2D eigenvalue weighted by molar-refractivity contribution is 5.92. The molecule has 5 nitrogen and oxygen atoms in total. The van der Waals surface area contributed by atoms with Gasteiger partial charge in [-0.2, -0.15) is 0 Å². The van der Waals surface area contributed by atoms with Gasteiger partial charge in [0.1, 0.15) is 6.26 Å². The van der Waals surface area contributed by atoms with E-state index in [1.54, 1.807) is 6.26 Å². The van der Waals surface area contributed by atoms with Gasteiger partial charge in [-0.05, 0) is 42.7 Å². The van der Waals surface area contributed by atoms with Crippen molar-refractivity contribution >= 4 is 11.6 Å². The van der Waals surface area contributed by atoms with Crippen LogP contribution in [0.15, 0.2) is 64.2 Å². The van der Waals surface area contributed by atoms with Crippen molar-refractivity contribution in [3.05, 3.63) is 71.6 Å². The van der Waals surface area contributed by atoms with Crippen LogP contribution in [0.25, 0.3) is 11.5 Å². The summed E-state index contributed by atoms with van der Waals surface area (Å²) in [5.74, 6) is 1.50. The number of anilines is 1. The van der Waals surface area contributed by atoms with Gasteiger partial charge in [0.2, 0.25) is 5.89 Å². The Morgan fingerprint density at radius 1 is 1.19 bits per heavy atom. The number of nitrogens with zero attached hydrogens (tertiary/aromatic N) is 2. The van der Waals surface area contributed by atoms with Gasteiger partial charge in [-0.1, -0.05) is 43.7 Å². The van der Waals surface area contributed by atoms with Gasteiger partial charge >= 0.3 is 0 Å². The van der Waals surface area contributed by atoms with E-state index in [9.17, 15) is 0 Å². The van der Waals surface area contributed by atoms with E-state index >= 15 is 0 Å². The van der Waals surface area contributed by atoms with Gasteiger partial charge in [0.15, 0.2) is 5.96 Å². The van der Waals surface area contributed by atoms with Crippen LogP contribution in [-0.2, 0) is 6.42 Å². The number of nitrogens with one attached hydrogen (secondary N) is 1. The maximum absolute atomic E-state index is 6.00.